The fourth-order valence-corrected chi connectivity index (χ4v) is 2.15. The smallest absolute Gasteiger partial charge is 0.321 e. The van der Waals surface area contributed by atoms with Crippen LogP contribution in [0.25, 0.3) is 0 Å². The van der Waals surface area contributed by atoms with Crippen LogP contribution in [0.5, 0.6) is 0 Å². The highest BCUT2D eigenvalue weighted by molar-refractivity contribution is 5.74. The van der Waals surface area contributed by atoms with E-state index in [-0.39, 0.29) is 12.0 Å². The summed E-state index contributed by atoms with van der Waals surface area (Å²) in [6.07, 6.45) is 3.30. The average Bonchev–Trinajstić information content (AvgIpc) is 2.84. The molecule has 14 heavy (non-hydrogen) atoms. The highest BCUT2D eigenvalue weighted by atomic mass is 16.4. The molecule has 1 saturated carbocycles. The Morgan fingerprint density at radius 1 is 1.50 bits per heavy atom. The predicted octanol–water partition coefficient (Wildman–Crippen LogP) is 0.143. The minimum absolute atomic E-state index is 0.290. The van der Waals surface area contributed by atoms with Crippen molar-refractivity contribution in [1.29, 1.82) is 0 Å². The van der Waals surface area contributed by atoms with Crippen molar-refractivity contribution < 1.29 is 9.90 Å². The second kappa shape index (κ2) is 3.87. The van der Waals surface area contributed by atoms with Crippen LogP contribution in [0.3, 0.4) is 0 Å². The number of nitrogens with one attached hydrogen (secondary N) is 1. The molecule has 0 aromatic carbocycles. The maximum atomic E-state index is 11.1. The van der Waals surface area contributed by atoms with Gasteiger partial charge in [0.2, 0.25) is 0 Å². The van der Waals surface area contributed by atoms with Gasteiger partial charge in [-0.15, -0.1) is 0 Å². The Morgan fingerprint density at radius 3 is 2.64 bits per heavy atom. The third-order valence-electron chi connectivity index (χ3n) is 3.16. The number of likely N-dealkylation sites (tertiary alicyclic amines) is 1. The van der Waals surface area contributed by atoms with Gasteiger partial charge in [0.15, 0.2) is 0 Å². The van der Waals surface area contributed by atoms with Crippen LogP contribution in [0, 0.1) is 5.92 Å². The minimum atomic E-state index is -0.683. The second-order valence-corrected chi connectivity index (χ2v) is 4.57. The zero-order valence-electron chi connectivity index (χ0n) is 8.57. The fourth-order valence-electron chi connectivity index (χ4n) is 2.15. The van der Waals surface area contributed by atoms with Crippen LogP contribution in [-0.2, 0) is 4.79 Å². The van der Waals surface area contributed by atoms with Crippen LogP contribution in [0.2, 0.25) is 0 Å². The molecule has 1 aliphatic heterocycles. The largest absolute Gasteiger partial charge is 0.480 e. The van der Waals surface area contributed by atoms with Crippen molar-refractivity contribution in [3.8, 4) is 0 Å². The lowest BCUT2D eigenvalue weighted by Gasteiger charge is -2.20. The number of hydrogen-bond acceptors (Lipinski definition) is 3. The number of carboxylic acids is 1. The number of carboxylic acid groups (broad SMARTS) is 1. The van der Waals surface area contributed by atoms with E-state index in [0.717, 1.165) is 32.4 Å². The van der Waals surface area contributed by atoms with Crippen molar-refractivity contribution in [3.63, 3.8) is 0 Å². The van der Waals surface area contributed by atoms with Crippen molar-refractivity contribution in [2.24, 2.45) is 5.92 Å². The second-order valence-electron chi connectivity index (χ2n) is 4.57. The fraction of sp³-hybridized carbons (Fsp3) is 0.900. The molecule has 2 aliphatic rings. The van der Waals surface area contributed by atoms with Crippen molar-refractivity contribution in [2.75, 3.05) is 20.1 Å². The van der Waals surface area contributed by atoms with E-state index in [1.165, 1.54) is 0 Å². The van der Waals surface area contributed by atoms with Crippen LogP contribution in [-0.4, -0.2) is 48.2 Å². The molecule has 0 aromatic heterocycles. The van der Waals surface area contributed by atoms with Gasteiger partial charge in [-0.2, -0.15) is 0 Å². The third kappa shape index (κ3) is 2.25. The van der Waals surface area contributed by atoms with Gasteiger partial charge in [-0.3, -0.25) is 4.79 Å². The van der Waals surface area contributed by atoms with Gasteiger partial charge >= 0.3 is 5.97 Å². The Morgan fingerprint density at radius 2 is 2.21 bits per heavy atom. The van der Waals surface area contributed by atoms with E-state index in [9.17, 15) is 4.79 Å². The molecule has 1 heterocycles. The minimum Gasteiger partial charge on any atom is -0.480 e. The van der Waals surface area contributed by atoms with Gasteiger partial charge in [0.25, 0.3) is 0 Å². The van der Waals surface area contributed by atoms with Crippen LogP contribution >= 0.6 is 0 Å². The Kier molecular flexibility index (Phi) is 2.74. The molecule has 2 fully saturated rings. The molecule has 4 heteroatoms. The molecule has 4 nitrogen and oxygen atoms in total. The van der Waals surface area contributed by atoms with Crippen LogP contribution in [0.15, 0.2) is 0 Å². The van der Waals surface area contributed by atoms with Crippen molar-refractivity contribution >= 4 is 5.97 Å². The quantitative estimate of drug-likeness (QED) is 0.675. The van der Waals surface area contributed by atoms with Crippen molar-refractivity contribution in [1.82, 2.24) is 10.2 Å². The molecule has 2 N–H and O–H groups in total. The van der Waals surface area contributed by atoms with Gasteiger partial charge in [-0.1, -0.05) is 0 Å². The van der Waals surface area contributed by atoms with E-state index in [2.05, 4.69) is 17.3 Å². The molecular formula is C10H18N2O2. The normalized spacial score (nSPS) is 30.5. The third-order valence-corrected chi connectivity index (χ3v) is 3.16. The molecule has 80 valence electrons. The zero-order valence-corrected chi connectivity index (χ0v) is 8.57. The first-order chi connectivity index (χ1) is 6.66. The molecule has 2 atom stereocenters. The summed E-state index contributed by atoms with van der Waals surface area (Å²) in [5.74, 6) is -0.393. The van der Waals surface area contributed by atoms with Crippen LogP contribution in [0.1, 0.15) is 19.3 Å². The van der Waals surface area contributed by atoms with Crippen molar-refractivity contribution in [2.45, 2.75) is 31.3 Å². The molecule has 0 aromatic rings. The van der Waals surface area contributed by atoms with Gasteiger partial charge in [-0.25, -0.2) is 0 Å². The summed E-state index contributed by atoms with van der Waals surface area (Å²) in [6.45, 7) is 1.94. The van der Waals surface area contributed by atoms with Gasteiger partial charge in [0.05, 0.1) is 0 Å². The SMILES string of the molecule is CN1CCC(C(NC2CC2)C(=O)O)C1. The topological polar surface area (TPSA) is 52.6 Å². The number of hydrogen-bond donors (Lipinski definition) is 2. The predicted molar refractivity (Wildman–Crippen MR) is 53.2 cm³/mol. The lowest BCUT2D eigenvalue weighted by molar-refractivity contribution is -0.140. The Balaban J connectivity index is 1.91. The molecule has 1 saturated heterocycles. The van der Waals surface area contributed by atoms with E-state index in [0.29, 0.717) is 6.04 Å². The molecule has 0 radical (unpaired) electrons. The molecule has 0 amide bonds. The highest BCUT2D eigenvalue weighted by Gasteiger charge is 2.36. The number of nitrogens with zero attached hydrogens (tertiary/aromatic N) is 1. The molecular weight excluding hydrogens is 180 g/mol. The Bertz CT molecular complexity index is 228. The molecule has 0 spiro atoms. The van der Waals surface area contributed by atoms with E-state index in [1.807, 2.05) is 0 Å². The monoisotopic (exact) mass is 198 g/mol. The van der Waals surface area contributed by atoms with E-state index in [1.54, 1.807) is 0 Å². The lowest BCUT2D eigenvalue weighted by atomic mass is 9.99. The average molecular weight is 198 g/mol. The maximum Gasteiger partial charge on any atom is 0.321 e. The van der Waals surface area contributed by atoms with E-state index < -0.39 is 5.97 Å². The zero-order chi connectivity index (χ0) is 10.1. The van der Waals surface area contributed by atoms with Gasteiger partial charge < -0.3 is 15.3 Å². The molecule has 2 unspecified atom stereocenters. The number of rotatable bonds is 4. The summed E-state index contributed by atoms with van der Waals surface area (Å²) < 4.78 is 0. The summed E-state index contributed by atoms with van der Waals surface area (Å²) in [7, 11) is 2.05. The van der Waals surface area contributed by atoms with Crippen LogP contribution in [0.4, 0.5) is 0 Å². The van der Waals surface area contributed by atoms with Crippen molar-refractivity contribution in [3.05, 3.63) is 0 Å². The standard InChI is InChI=1S/C10H18N2O2/c1-12-5-4-7(6-12)9(10(13)14)11-8-2-3-8/h7-9,11H,2-6H2,1H3,(H,13,14). The first-order valence-electron chi connectivity index (χ1n) is 5.34. The summed E-state index contributed by atoms with van der Waals surface area (Å²) in [5.41, 5.74) is 0. The lowest BCUT2D eigenvalue weighted by Crippen LogP contribution is -2.44. The van der Waals surface area contributed by atoms with E-state index in [4.69, 9.17) is 5.11 Å². The number of carbonyl (C=O) groups is 1. The first-order valence-corrected chi connectivity index (χ1v) is 5.34. The Labute approximate surface area is 84.3 Å². The summed E-state index contributed by atoms with van der Waals surface area (Å²) in [6, 6.07) is 0.148. The molecule has 1 aliphatic carbocycles. The van der Waals surface area contributed by atoms with Gasteiger partial charge in [0, 0.05) is 12.6 Å². The summed E-state index contributed by atoms with van der Waals surface area (Å²) in [5, 5.41) is 12.3. The highest BCUT2D eigenvalue weighted by Crippen LogP contribution is 2.24. The number of aliphatic carboxylic acids is 1. The summed E-state index contributed by atoms with van der Waals surface area (Å²) in [4.78, 5) is 13.3. The van der Waals surface area contributed by atoms with E-state index >= 15 is 0 Å². The molecule has 2 rings (SSSR count). The maximum absolute atomic E-state index is 11.1. The Hall–Kier alpha value is -0.610. The summed E-state index contributed by atoms with van der Waals surface area (Å²) >= 11 is 0. The molecule has 0 bridgehead atoms. The van der Waals surface area contributed by atoms with Gasteiger partial charge in [0.1, 0.15) is 6.04 Å². The van der Waals surface area contributed by atoms with Crippen LogP contribution < -0.4 is 5.32 Å². The first kappa shape index (κ1) is 9.93. The van der Waals surface area contributed by atoms with Gasteiger partial charge in [-0.05, 0) is 38.8 Å².